The Labute approximate surface area is 111 Å². The Hall–Kier alpha value is -1.55. The van der Waals surface area contributed by atoms with Crippen molar-refractivity contribution in [3.8, 4) is 11.3 Å². The second-order valence-electron chi connectivity index (χ2n) is 4.22. The molecular weight excluding hydrogens is 247 g/mol. The van der Waals surface area contributed by atoms with Gasteiger partial charge in [0.25, 0.3) is 0 Å². The number of benzene rings is 1. The predicted octanol–water partition coefficient (Wildman–Crippen LogP) is 4.21. The molecule has 1 N–H and O–H groups in total. The molecule has 0 aliphatic rings. The summed E-state index contributed by atoms with van der Waals surface area (Å²) in [6.45, 7) is 3.86. The van der Waals surface area contributed by atoms with Gasteiger partial charge in [0.2, 0.25) is 0 Å². The third kappa shape index (κ3) is 2.34. The molecule has 1 aromatic carbocycles. The summed E-state index contributed by atoms with van der Waals surface area (Å²) in [5, 5.41) is 0. The molecule has 18 heavy (non-hydrogen) atoms. The molecule has 0 saturated carbocycles. The second kappa shape index (κ2) is 5.40. The van der Waals surface area contributed by atoms with Crippen LogP contribution in [-0.4, -0.2) is 9.97 Å². The van der Waals surface area contributed by atoms with Crippen molar-refractivity contribution in [2.75, 3.05) is 0 Å². The molecule has 1 heterocycles. The Balaban J connectivity index is 2.67. The molecule has 0 spiro atoms. The molecule has 94 valence electrons. The molecule has 0 radical (unpaired) electrons. The van der Waals surface area contributed by atoms with Crippen LogP contribution in [0.1, 0.15) is 24.5 Å². The van der Waals surface area contributed by atoms with Crippen LogP contribution in [0.15, 0.2) is 24.5 Å². The number of rotatable bonds is 3. The molecule has 2 aromatic rings. The van der Waals surface area contributed by atoms with Crippen molar-refractivity contribution in [3.05, 3.63) is 46.1 Å². The van der Waals surface area contributed by atoms with E-state index in [4.69, 9.17) is 12.2 Å². The molecule has 0 saturated heterocycles. The Kier molecular flexibility index (Phi) is 3.87. The normalized spacial score (nSPS) is 10.6. The zero-order valence-corrected chi connectivity index (χ0v) is 11.3. The van der Waals surface area contributed by atoms with Gasteiger partial charge in [-0.25, -0.2) is 9.37 Å². The highest BCUT2D eigenvalue weighted by Gasteiger charge is 2.11. The Bertz CT molecular complexity index is 619. The Morgan fingerprint density at radius 3 is 2.89 bits per heavy atom. The van der Waals surface area contributed by atoms with E-state index in [9.17, 15) is 4.39 Å². The largest absolute Gasteiger partial charge is 0.346 e. The number of halogens is 1. The standard InChI is InChI=1S/C14H15FN2S/c1-3-5-11-13(16-8-17-14(11)18)10-6-4-7-12(15)9(10)2/h4,6-8H,3,5H2,1-2H3,(H,16,17,18). The SMILES string of the molecule is CCCc1c(-c2cccc(F)c2C)[nH]cnc1=S. The fraction of sp³-hybridized carbons (Fsp3) is 0.286. The molecule has 0 bridgehead atoms. The molecule has 0 atom stereocenters. The molecule has 2 nitrogen and oxygen atoms in total. The summed E-state index contributed by atoms with van der Waals surface area (Å²) >= 11 is 5.26. The number of nitrogens with one attached hydrogen (secondary N) is 1. The summed E-state index contributed by atoms with van der Waals surface area (Å²) in [5.41, 5.74) is 3.36. The van der Waals surface area contributed by atoms with Gasteiger partial charge in [-0.05, 0) is 25.0 Å². The average molecular weight is 262 g/mol. The van der Waals surface area contributed by atoms with Crippen LogP contribution in [0.4, 0.5) is 4.39 Å². The van der Waals surface area contributed by atoms with Crippen LogP contribution in [0.5, 0.6) is 0 Å². The van der Waals surface area contributed by atoms with Crippen molar-refractivity contribution < 1.29 is 4.39 Å². The third-order valence-corrected chi connectivity index (χ3v) is 3.34. The summed E-state index contributed by atoms with van der Waals surface area (Å²) in [6.07, 6.45) is 3.39. The lowest BCUT2D eigenvalue weighted by Crippen LogP contribution is -1.99. The Morgan fingerprint density at radius 1 is 1.39 bits per heavy atom. The van der Waals surface area contributed by atoms with E-state index in [1.54, 1.807) is 19.3 Å². The van der Waals surface area contributed by atoms with E-state index in [0.29, 0.717) is 10.2 Å². The van der Waals surface area contributed by atoms with Crippen LogP contribution in [0.3, 0.4) is 0 Å². The van der Waals surface area contributed by atoms with Gasteiger partial charge in [0.1, 0.15) is 10.5 Å². The lowest BCUT2D eigenvalue weighted by atomic mass is 9.99. The van der Waals surface area contributed by atoms with Gasteiger partial charge >= 0.3 is 0 Å². The van der Waals surface area contributed by atoms with Crippen LogP contribution < -0.4 is 0 Å². The van der Waals surface area contributed by atoms with Crippen molar-refractivity contribution in [3.63, 3.8) is 0 Å². The van der Waals surface area contributed by atoms with E-state index in [1.165, 1.54) is 6.07 Å². The van der Waals surface area contributed by atoms with E-state index >= 15 is 0 Å². The zero-order chi connectivity index (χ0) is 13.1. The minimum Gasteiger partial charge on any atom is -0.346 e. The van der Waals surface area contributed by atoms with Gasteiger partial charge in [-0.15, -0.1) is 0 Å². The number of hydrogen-bond acceptors (Lipinski definition) is 2. The van der Waals surface area contributed by atoms with E-state index in [0.717, 1.165) is 29.7 Å². The number of H-pyrrole nitrogens is 1. The van der Waals surface area contributed by atoms with E-state index in [2.05, 4.69) is 16.9 Å². The van der Waals surface area contributed by atoms with Gasteiger partial charge in [-0.2, -0.15) is 0 Å². The van der Waals surface area contributed by atoms with Crippen molar-refractivity contribution in [2.45, 2.75) is 26.7 Å². The number of aromatic amines is 1. The maximum Gasteiger partial charge on any atom is 0.133 e. The second-order valence-corrected chi connectivity index (χ2v) is 4.61. The molecule has 0 amide bonds. The van der Waals surface area contributed by atoms with Crippen LogP contribution in [-0.2, 0) is 6.42 Å². The van der Waals surface area contributed by atoms with Gasteiger partial charge in [-0.3, -0.25) is 0 Å². The van der Waals surface area contributed by atoms with Crippen LogP contribution >= 0.6 is 12.2 Å². The summed E-state index contributed by atoms with van der Waals surface area (Å²) < 4.78 is 14.2. The van der Waals surface area contributed by atoms with Crippen LogP contribution in [0.2, 0.25) is 0 Å². The first-order chi connectivity index (χ1) is 8.65. The topological polar surface area (TPSA) is 28.7 Å². The summed E-state index contributed by atoms with van der Waals surface area (Å²) in [5.74, 6) is -0.203. The molecule has 0 aliphatic heterocycles. The molecule has 4 heteroatoms. The quantitative estimate of drug-likeness (QED) is 0.839. The molecule has 0 fully saturated rings. The van der Waals surface area contributed by atoms with E-state index in [-0.39, 0.29) is 5.82 Å². The lowest BCUT2D eigenvalue weighted by Gasteiger charge is -2.11. The van der Waals surface area contributed by atoms with Crippen molar-refractivity contribution in [1.29, 1.82) is 0 Å². The fourth-order valence-corrected chi connectivity index (χ4v) is 2.28. The first-order valence-corrected chi connectivity index (χ1v) is 6.38. The smallest absolute Gasteiger partial charge is 0.133 e. The number of hydrogen-bond donors (Lipinski definition) is 1. The van der Waals surface area contributed by atoms with Crippen LogP contribution in [0.25, 0.3) is 11.3 Å². The molecule has 0 unspecified atom stereocenters. The highest BCUT2D eigenvalue weighted by atomic mass is 32.1. The van der Waals surface area contributed by atoms with Gasteiger partial charge in [-0.1, -0.05) is 37.7 Å². The molecule has 0 aliphatic carbocycles. The molecule has 1 aromatic heterocycles. The minimum atomic E-state index is -0.203. The minimum absolute atomic E-state index is 0.203. The van der Waals surface area contributed by atoms with Gasteiger partial charge in [0.15, 0.2) is 0 Å². The van der Waals surface area contributed by atoms with Gasteiger partial charge in [0, 0.05) is 11.1 Å². The van der Waals surface area contributed by atoms with Crippen LogP contribution in [0, 0.1) is 17.4 Å². The zero-order valence-electron chi connectivity index (χ0n) is 10.5. The van der Waals surface area contributed by atoms with E-state index < -0.39 is 0 Å². The maximum atomic E-state index is 13.6. The third-order valence-electron chi connectivity index (χ3n) is 2.99. The van der Waals surface area contributed by atoms with Crippen molar-refractivity contribution in [1.82, 2.24) is 9.97 Å². The number of nitrogens with zero attached hydrogens (tertiary/aromatic N) is 1. The van der Waals surface area contributed by atoms with Gasteiger partial charge in [0.05, 0.1) is 12.0 Å². The molecule has 2 rings (SSSR count). The Morgan fingerprint density at radius 2 is 2.17 bits per heavy atom. The summed E-state index contributed by atoms with van der Waals surface area (Å²) in [4.78, 5) is 7.20. The summed E-state index contributed by atoms with van der Waals surface area (Å²) in [7, 11) is 0. The molecular formula is C14H15FN2S. The van der Waals surface area contributed by atoms with Crippen molar-refractivity contribution >= 4 is 12.2 Å². The predicted molar refractivity (Wildman–Crippen MR) is 73.5 cm³/mol. The van der Waals surface area contributed by atoms with E-state index in [1.807, 2.05) is 6.07 Å². The summed E-state index contributed by atoms with van der Waals surface area (Å²) in [6, 6.07) is 5.08. The van der Waals surface area contributed by atoms with Gasteiger partial charge < -0.3 is 4.98 Å². The highest BCUT2D eigenvalue weighted by Crippen LogP contribution is 2.27. The first-order valence-electron chi connectivity index (χ1n) is 5.97. The highest BCUT2D eigenvalue weighted by molar-refractivity contribution is 7.71. The monoisotopic (exact) mass is 262 g/mol. The fourth-order valence-electron chi connectivity index (χ4n) is 2.03. The lowest BCUT2D eigenvalue weighted by molar-refractivity contribution is 0.619. The first kappa shape index (κ1) is 12.9. The maximum absolute atomic E-state index is 13.6. The number of aromatic nitrogens is 2. The average Bonchev–Trinajstić information content (AvgIpc) is 2.36. The van der Waals surface area contributed by atoms with Crippen molar-refractivity contribution in [2.24, 2.45) is 0 Å².